The van der Waals surface area contributed by atoms with Crippen LogP contribution >= 0.6 is 11.6 Å². The van der Waals surface area contributed by atoms with Gasteiger partial charge in [0.1, 0.15) is 5.75 Å². The van der Waals surface area contributed by atoms with Crippen molar-refractivity contribution in [3.05, 3.63) is 76.3 Å². The van der Waals surface area contributed by atoms with Crippen LogP contribution in [0.4, 0.5) is 22.7 Å². The van der Waals surface area contributed by atoms with Crippen LogP contribution in [0.25, 0.3) is 0 Å². The number of benzene rings is 3. The van der Waals surface area contributed by atoms with Crippen LogP contribution in [0.2, 0.25) is 5.02 Å². The first kappa shape index (κ1) is 48.1. The highest BCUT2D eigenvalue weighted by Gasteiger charge is 2.32. The molecule has 0 aliphatic carbocycles. The van der Waals surface area contributed by atoms with Crippen molar-refractivity contribution >= 4 is 67.7 Å². The fourth-order valence-corrected chi connectivity index (χ4v) is 6.86. The van der Waals surface area contributed by atoms with Crippen molar-refractivity contribution < 1.29 is 27.5 Å². The normalized spacial score (nSPS) is 13.2. The Bertz CT molecular complexity index is 2100. The Morgan fingerprint density at radius 1 is 0.862 bits per heavy atom. The number of sulfonamides is 1. The highest BCUT2D eigenvalue weighted by Crippen LogP contribution is 2.33. The lowest BCUT2D eigenvalue weighted by molar-refractivity contribution is -0.123. The lowest BCUT2D eigenvalue weighted by Crippen LogP contribution is -2.37. The van der Waals surface area contributed by atoms with Crippen LogP contribution in [0.1, 0.15) is 99.3 Å². The van der Waals surface area contributed by atoms with Gasteiger partial charge in [-0.1, -0.05) is 93.0 Å². The SMILES string of the molecule is CCC(Oc1ccc(CC(C)(C)C)cc1CC(C)(C)C)C(=O)Nc1ccc(Cl)c(NC(=O)/C(=N/c2ccc(N(CC)CCNS(C)(=O)=O)cc2C)C(=O)C(C)(C)C)c1. The molecule has 2 amide bonds. The van der Waals surface area contributed by atoms with Crippen molar-refractivity contribution in [2.45, 2.75) is 108 Å². The van der Waals surface area contributed by atoms with E-state index in [1.807, 2.05) is 43.9 Å². The maximum absolute atomic E-state index is 13.9. The van der Waals surface area contributed by atoms with Crippen molar-refractivity contribution in [3.63, 3.8) is 0 Å². The first-order valence-electron chi connectivity index (χ1n) is 19.8. The molecule has 318 valence electrons. The molecule has 0 aliphatic heterocycles. The zero-order valence-corrected chi connectivity index (χ0v) is 38.2. The van der Waals surface area contributed by atoms with E-state index in [0.717, 1.165) is 30.3 Å². The van der Waals surface area contributed by atoms with Crippen LogP contribution in [0.3, 0.4) is 0 Å². The molecule has 3 N–H and O–H groups in total. The number of likely N-dealkylation sites (N-methyl/N-ethyl adjacent to an activating group) is 1. The minimum absolute atomic E-state index is 0.00314. The maximum atomic E-state index is 13.9. The Balaban J connectivity index is 1.88. The zero-order chi connectivity index (χ0) is 43.8. The number of ketones is 1. The molecule has 1 unspecified atom stereocenters. The molecule has 3 aromatic carbocycles. The number of hydrogen-bond acceptors (Lipinski definition) is 8. The molecule has 0 aliphatic rings. The molecule has 0 radical (unpaired) electrons. The third-order valence-corrected chi connectivity index (χ3v) is 10.1. The molecule has 3 rings (SSSR count). The molecule has 0 aromatic heterocycles. The van der Waals surface area contributed by atoms with E-state index in [0.29, 0.717) is 42.2 Å². The summed E-state index contributed by atoms with van der Waals surface area (Å²) in [6.45, 7) is 25.3. The molecule has 0 bridgehead atoms. The van der Waals surface area contributed by atoms with Gasteiger partial charge in [0.25, 0.3) is 11.8 Å². The van der Waals surface area contributed by atoms with Gasteiger partial charge in [0.2, 0.25) is 10.0 Å². The van der Waals surface area contributed by atoms with Gasteiger partial charge >= 0.3 is 0 Å². The minimum atomic E-state index is -3.32. The van der Waals surface area contributed by atoms with Crippen LogP contribution in [0, 0.1) is 23.2 Å². The highest BCUT2D eigenvalue weighted by molar-refractivity contribution is 7.88. The van der Waals surface area contributed by atoms with E-state index in [2.05, 4.69) is 74.0 Å². The molecule has 0 heterocycles. The summed E-state index contributed by atoms with van der Waals surface area (Å²) >= 11 is 6.56. The number of aryl methyl sites for hydroxylation is 1. The average Bonchev–Trinajstić information content (AvgIpc) is 3.08. The number of anilines is 3. The largest absolute Gasteiger partial charge is 0.480 e. The number of rotatable bonds is 17. The average molecular weight is 839 g/mol. The third-order valence-electron chi connectivity index (χ3n) is 9.01. The van der Waals surface area contributed by atoms with Crippen molar-refractivity contribution in [2.75, 3.05) is 41.4 Å². The van der Waals surface area contributed by atoms with E-state index in [4.69, 9.17) is 16.3 Å². The topological polar surface area (TPSA) is 146 Å². The van der Waals surface area contributed by atoms with Crippen LogP contribution in [0.5, 0.6) is 5.75 Å². The Kier molecular flexibility index (Phi) is 16.3. The molecule has 13 heteroatoms. The standard InChI is InChI=1S/C45H64ClN5O6S/c1-14-37(57-38-21-16-30(27-43(4,5)6)25-31(38)28-44(7,8)9)41(53)48-32-17-19-34(46)36(26-32)50-42(54)39(40(52)45(10,11)12)49-35-20-18-33(24-29(35)3)51(15-2)23-22-47-58(13,55)56/h16-21,24-26,37,47H,14-15,22-23,27-28H2,1-13H3,(H,48,53)(H,50,54)/b49-39+. The molecule has 3 aromatic rings. The molecular weight excluding hydrogens is 774 g/mol. The van der Waals surface area contributed by atoms with Gasteiger partial charge in [-0.25, -0.2) is 18.1 Å². The number of carbonyl (C=O) groups is 3. The molecule has 0 fully saturated rings. The van der Waals surface area contributed by atoms with Gasteiger partial charge < -0.3 is 20.3 Å². The van der Waals surface area contributed by atoms with Gasteiger partial charge in [-0.2, -0.15) is 0 Å². The molecule has 0 saturated carbocycles. The number of aliphatic imine (C=N–C) groups is 1. The van der Waals surface area contributed by atoms with Crippen molar-refractivity contribution in [3.8, 4) is 5.75 Å². The summed E-state index contributed by atoms with van der Waals surface area (Å²) in [5.74, 6) is -0.924. The van der Waals surface area contributed by atoms with E-state index >= 15 is 0 Å². The Hall–Kier alpha value is -4.26. The molecular formula is C45H64ClN5O6S. The van der Waals surface area contributed by atoms with E-state index in [-0.39, 0.29) is 39.7 Å². The third kappa shape index (κ3) is 15.2. The monoisotopic (exact) mass is 837 g/mol. The second-order valence-corrected chi connectivity index (χ2v) is 20.6. The van der Waals surface area contributed by atoms with Crippen LogP contribution in [0.15, 0.2) is 59.6 Å². The van der Waals surface area contributed by atoms with Crippen molar-refractivity contribution in [1.29, 1.82) is 0 Å². The summed E-state index contributed by atoms with van der Waals surface area (Å²) in [4.78, 5) is 47.9. The van der Waals surface area contributed by atoms with Gasteiger partial charge in [-0.15, -0.1) is 0 Å². The molecule has 11 nitrogen and oxygen atoms in total. The number of halogens is 1. The number of ether oxygens (including phenoxy) is 1. The zero-order valence-electron chi connectivity index (χ0n) is 36.6. The quantitative estimate of drug-likeness (QED) is 0.0908. The maximum Gasteiger partial charge on any atom is 0.278 e. The second kappa shape index (κ2) is 19.7. The number of nitrogens with zero attached hydrogens (tertiary/aromatic N) is 2. The lowest BCUT2D eigenvalue weighted by atomic mass is 9.84. The first-order valence-corrected chi connectivity index (χ1v) is 22.1. The second-order valence-electron chi connectivity index (χ2n) is 18.3. The van der Waals surface area contributed by atoms with E-state index in [1.54, 1.807) is 39.0 Å². The van der Waals surface area contributed by atoms with Crippen molar-refractivity contribution in [1.82, 2.24) is 4.72 Å². The number of Topliss-reactive ketones (excluding diaryl/α,β-unsaturated/α-hetero) is 1. The van der Waals surface area contributed by atoms with E-state index in [9.17, 15) is 22.8 Å². The minimum Gasteiger partial charge on any atom is -0.480 e. The molecule has 0 spiro atoms. The van der Waals surface area contributed by atoms with Gasteiger partial charge in [-0.05, 0) is 103 Å². The fraction of sp³-hybridized carbons (Fsp3) is 0.511. The van der Waals surface area contributed by atoms with Gasteiger partial charge in [0, 0.05) is 36.4 Å². The predicted molar refractivity (Wildman–Crippen MR) is 240 cm³/mol. The van der Waals surface area contributed by atoms with Crippen LogP contribution in [-0.4, -0.2) is 63.7 Å². The number of carbonyl (C=O) groups excluding carboxylic acids is 3. The van der Waals surface area contributed by atoms with Crippen LogP contribution in [-0.2, 0) is 37.2 Å². The Labute approximate surface area is 351 Å². The van der Waals surface area contributed by atoms with E-state index in [1.165, 1.54) is 11.6 Å². The van der Waals surface area contributed by atoms with Gasteiger partial charge in [0.05, 0.1) is 22.7 Å². The summed E-state index contributed by atoms with van der Waals surface area (Å²) in [6, 6.07) is 16.4. The summed E-state index contributed by atoms with van der Waals surface area (Å²) in [7, 11) is -3.32. The molecule has 0 saturated heterocycles. The van der Waals surface area contributed by atoms with Gasteiger partial charge in [0.15, 0.2) is 17.6 Å². The number of hydrogen-bond donors (Lipinski definition) is 3. The lowest BCUT2D eigenvalue weighted by Gasteiger charge is -2.25. The fourth-order valence-electron chi connectivity index (χ4n) is 6.24. The Morgan fingerprint density at radius 3 is 2.07 bits per heavy atom. The summed E-state index contributed by atoms with van der Waals surface area (Å²) in [5.41, 5.74) is 3.66. The number of amides is 2. The van der Waals surface area contributed by atoms with Crippen molar-refractivity contribution in [2.24, 2.45) is 21.2 Å². The summed E-state index contributed by atoms with van der Waals surface area (Å²) in [6.07, 6.45) is 2.42. The van der Waals surface area contributed by atoms with E-state index < -0.39 is 33.2 Å². The molecule has 58 heavy (non-hydrogen) atoms. The smallest absolute Gasteiger partial charge is 0.278 e. The first-order chi connectivity index (χ1) is 26.7. The summed E-state index contributed by atoms with van der Waals surface area (Å²) in [5, 5.41) is 5.87. The highest BCUT2D eigenvalue weighted by atomic mass is 35.5. The predicted octanol–water partition coefficient (Wildman–Crippen LogP) is 9.32. The summed E-state index contributed by atoms with van der Waals surface area (Å²) < 4.78 is 32.0. The Morgan fingerprint density at radius 2 is 1.52 bits per heavy atom. The molecule has 1 atom stereocenters. The van der Waals surface area contributed by atoms with Gasteiger partial charge in [-0.3, -0.25) is 14.4 Å². The van der Waals surface area contributed by atoms with Crippen LogP contribution < -0.4 is 25.0 Å². The number of nitrogens with one attached hydrogen (secondary N) is 3.